The van der Waals surface area contributed by atoms with Crippen LogP contribution in [0.1, 0.15) is 18.5 Å². The normalized spacial score (nSPS) is 12.9. The second-order valence-corrected chi connectivity index (χ2v) is 5.04. The summed E-state index contributed by atoms with van der Waals surface area (Å²) in [6.45, 7) is 2.16. The summed E-state index contributed by atoms with van der Waals surface area (Å²) in [7, 11) is 0. The van der Waals surface area contributed by atoms with E-state index in [-0.39, 0.29) is 12.6 Å². The Bertz CT molecular complexity index is 304. The molecule has 4 heteroatoms. The van der Waals surface area contributed by atoms with Crippen LogP contribution in [0.3, 0.4) is 0 Å². The molecule has 0 radical (unpaired) electrons. The maximum Gasteiger partial charge on any atom is 0.0525 e. The number of aliphatic hydroxyl groups excluding tert-OH is 1. The Balaban J connectivity index is 2.79. The zero-order valence-corrected chi connectivity index (χ0v) is 10.4. The lowest BCUT2D eigenvalue weighted by Gasteiger charge is -2.08. The summed E-state index contributed by atoms with van der Waals surface area (Å²) in [6, 6.07) is 6.14. The Morgan fingerprint density at radius 3 is 2.79 bits per heavy atom. The van der Waals surface area contributed by atoms with Crippen molar-refractivity contribution in [1.29, 1.82) is 0 Å². The van der Waals surface area contributed by atoms with Gasteiger partial charge in [0.25, 0.3) is 0 Å². The van der Waals surface area contributed by atoms with Crippen molar-refractivity contribution < 1.29 is 5.11 Å². The molecule has 0 heterocycles. The summed E-state index contributed by atoms with van der Waals surface area (Å²) in [5.41, 5.74) is 6.88. The summed E-state index contributed by atoms with van der Waals surface area (Å²) in [4.78, 5) is 1.14. The maximum atomic E-state index is 8.71. The van der Waals surface area contributed by atoms with Crippen molar-refractivity contribution in [1.82, 2.24) is 0 Å². The van der Waals surface area contributed by atoms with E-state index in [0.717, 1.165) is 20.7 Å². The molecule has 0 saturated carbocycles. The van der Waals surface area contributed by atoms with Crippen molar-refractivity contribution in [3.8, 4) is 0 Å². The molecule has 0 aliphatic rings. The number of aliphatic hydroxyl groups is 1. The van der Waals surface area contributed by atoms with Gasteiger partial charge in [0.05, 0.1) is 6.61 Å². The lowest BCUT2D eigenvalue weighted by molar-refractivity contribution is 0.322. The molecule has 0 aromatic heterocycles. The number of hydrogen-bond donors (Lipinski definition) is 2. The Labute approximate surface area is 97.0 Å². The molecule has 2 nitrogen and oxygen atoms in total. The molecule has 14 heavy (non-hydrogen) atoms. The predicted molar refractivity (Wildman–Crippen MR) is 64.6 cm³/mol. The maximum absolute atomic E-state index is 8.71. The molecule has 1 unspecified atom stereocenters. The third-order valence-corrected chi connectivity index (χ3v) is 3.80. The molecule has 1 rings (SSSR count). The van der Waals surface area contributed by atoms with Crippen LogP contribution in [0.15, 0.2) is 27.6 Å². The molecule has 0 fully saturated rings. The van der Waals surface area contributed by atoms with E-state index in [1.165, 1.54) is 0 Å². The number of thioether (sulfide) groups is 1. The van der Waals surface area contributed by atoms with Gasteiger partial charge in [-0.05, 0) is 40.5 Å². The van der Waals surface area contributed by atoms with Gasteiger partial charge in [-0.1, -0.05) is 6.07 Å². The average Bonchev–Trinajstić information content (AvgIpc) is 2.15. The minimum absolute atomic E-state index is 0.0585. The Morgan fingerprint density at radius 2 is 2.29 bits per heavy atom. The zero-order chi connectivity index (χ0) is 10.6. The van der Waals surface area contributed by atoms with E-state index in [2.05, 4.69) is 15.9 Å². The highest BCUT2D eigenvalue weighted by Gasteiger charge is 2.04. The van der Waals surface area contributed by atoms with E-state index in [1.807, 2.05) is 25.1 Å². The second-order valence-electron chi connectivity index (χ2n) is 3.05. The van der Waals surface area contributed by atoms with Crippen LogP contribution in [0.4, 0.5) is 0 Å². The van der Waals surface area contributed by atoms with Gasteiger partial charge in [0.15, 0.2) is 0 Å². The van der Waals surface area contributed by atoms with Crippen LogP contribution < -0.4 is 5.73 Å². The van der Waals surface area contributed by atoms with E-state index >= 15 is 0 Å². The molecule has 0 aliphatic heterocycles. The number of halogens is 1. The van der Waals surface area contributed by atoms with Crippen LogP contribution in [0.2, 0.25) is 0 Å². The van der Waals surface area contributed by atoms with E-state index < -0.39 is 0 Å². The van der Waals surface area contributed by atoms with Gasteiger partial charge < -0.3 is 10.8 Å². The molecular formula is C10H14BrNOS. The first-order chi connectivity index (χ1) is 6.65. The van der Waals surface area contributed by atoms with Gasteiger partial charge in [-0.15, -0.1) is 11.8 Å². The molecule has 1 aromatic rings. The lowest BCUT2D eigenvalue weighted by Crippen LogP contribution is -2.04. The van der Waals surface area contributed by atoms with Gasteiger partial charge in [0.1, 0.15) is 0 Å². The lowest BCUT2D eigenvalue weighted by atomic mass is 10.1. The monoisotopic (exact) mass is 275 g/mol. The molecule has 3 N–H and O–H groups in total. The van der Waals surface area contributed by atoms with Gasteiger partial charge in [-0.25, -0.2) is 0 Å². The van der Waals surface area contributed by atoms with E-state index in [1.54, 1.807) is 11.8 Å². The highest BCUT2D eigenvalue weighted by molar-refractivity contribution is 9.10. The molecule has 0 saturated heterocycles. The molecule has 0 aliphatic carbocycles. The fraction of sp³-hybridized carbons (Fsp3) is 0.400. The van der Waals surface area contributed by atoms with Crippen molar-refractivity contribution >= 4 is 27.7 Å². The minimum atomic E-state index is 0.0585. The zero-order valence-electron chi connectivity index (χ0n) is 8.03. The fourth-order valence-electron chi connectivity index (χ4n) is 1.07. The minimum Gasteiger partial charge on any atom is -0.396 e. The van der Waals surface area contributed by atoms with E-state index in [9.17, 15) is 0 Å². The van der Waals surface area contributed by atoms with Gasteiger partial charge in [-0.3, -0.25) is 0 Å². The second kappa shape index (κ2) is 5.75. The molecule has 0 spiro atoms. The summed E-state index contributed by atoms with van der Waals surface area (Å²) in [6.07, 6.45) is 0. The standard InChI is InChI=1S/C10H14BrNOS/c1-7(12)8-2-3-10(9(11)6-8)14-5-4-13/h2-3,6-7,13H,4-5,12H2,1H3. The van der Waals surface area contributed by atoms with Crippen LogP contribution >= 0.6 is 27.7 Å². The van der Waals surface area contributed by atoms with Crippen molar-refractivity contribution in [3.05, 3.63) is 28.2 Å². The van der Waals surface area contributed by atoms with Crippen molar-refractivity contribution in [2.75, 3.05) is 12.4 Å². The first kappa shape index (κ1) is 12.0. The summed E-state index contributed by atoms with van der Waals surface area (Å²) >= 11 is 5.12. The molecule has 1 atom stereocenters. The van der Waals surface area contributed by atoms with Crippen molar-refractivity contribution in [3.63, 3.8) is 0 Å². The van der Waals surface area contributed by atoms with Gasteiger partial charge in [0, 0.05) is 21.2 Å². The van der Waals surface area contributed by atoms with Gasteiger partial charge in [-0.2, -0.15) is 0 Å². The molecular weight excluding hydrogens is 262 g/mol. The predicted octanol–water partition coefficient (Wildman–Crippen LogP) is 2.55. The number of rotatable bonds is 4. The fourth-order valence-corrected chi connectivity index (χ4v) is 2.49. The Hall–Kier alpha value is -0.0300. The Kier molecular flexibility index (Phi) is 4.95. The van der Waals surface area contributed by atoms with E-state index in [4.69, 9.17) is 10.8 Å². The first-order valence-electron chi connectivity index (χ1n) is 4.44. The first-order valence-corrected chi connectivity index (χ1v) is 6.21. The highest BCUT2D eigenvalue weighted by atomic mass is 79.9. The van der Waals surface area contributed by atoms with Crippen molar-refractivity contribution in [2.45, 2.75) is 17.9 Å². The molecule has 0 bridgehead atoms. The number of benzene rings is 1. The van der Waals surface area contributed by atoms with Crippen molar-refractivity contribution in [2.24, 2.45) is 5.73 Å². The van der Waals surface area contributed by atoms with Crippen LogP contribution in [-0.4, -0.2) is 17.5 Å². The number of hydrogen-bond acceptors (Lipinski definition) is 3. The van der Waals surface area contributed by atoms with E-state index in [0.29, 0.717) is 0 Å². The van der Waals surface area contributed by atoms with Gasteiger partial charge in [0.2, 0.25) is 0 Å². The van der Waals surface area contributed by atoms with Crippen LogP contribution in [0, 0.1) is 0 Å². The molecule has 78 valence electrons. The Morgan fingerprint density at radius 1 is 1.57 bits per heavy atom. The summed E-state index contributed by atoms with van der Waals surface area (Å²) < 4.78 is 1.05. The molecule has 1 aromatic carbocycles. The van der Waals surface area contributed by atoms with Gasteiger partial charge >= 0.3 is 0 Å². The topological polar surface area (TPSA) is 46.2 Å². The SMILES string of the molecule is CC(N)c1ccc(SCCO)c(Br)c1. The number of nitrogens with two attached hydrogens (primary N) is 1. The smallest absolute Gasteiger partial charge is 0.0525 e. The summed E-state index contributed by atoms with van der Waals surface area (Å²) in [5, 5.41) is 8.71. The average molecular weight is 276 g/mol. The van der Waals surface area contributed by atoms with Crippen LogP contribution in [0.5, 0.6) is 0 Å². The third kappa shape index (κ3) is 3.28. The highest BCUT2D eigenvalue weighted by Crippen LogP contribution is 2.29. The van der Waals surface area contributed by atoms with Crippen LogP contribution in [0.25, 0.3) is 0 Å². The van der Waals surface area contributed by atoms with Crippen LogP contribution in [-0.2, 0) is 0 Å². The molecule has 0 amide bonds. The largest absolute Gasteiger partial charge is 0.396 e. The third-order valence-electron chi connectivity index (χ3n) is 1.83. The quantitative estimate of drug-likeness (QED) is 0.831. The summed E-state index contributed by atoms with van der Waals surface area (Å²) in [5.74, 6) is 0.718.